The first kappa shape index (κ1) is 105. The van der Waals surface area contributed by atoms with E-state index in [-0.39, 0.29) is 0 Å². The zero-order chi connectivity index (χ0) is 94.0. The van der Waals surface area contributed by atoms with Crippen LogP contribution in [0.1, 0.15) is 13.8 Å². The number of carbonyl (C=O) groups is 2. The van der Waals surface area contributed by atoms with Crippen LogP contribution in [0.25, 0.3) is 0 Å². The van der Waals surface area contributed by atoms with Gasteiger partial charge in [-0.25, -0.2) is 0 Å². The van der Waals surface area contributed by atoms with Crippen LogP contribution < -0.4 is 10.6 Å². The van der Waals surface area contributed by atoms with Gasteiger partial charge in [-0.3, -0.25) is 9.59 Å². The Kier molecular flexibility index (Phi) is 37.7. The normalized spacial score (nSPS) is 51.7. The molecular formula is C70H118N2O56. The van der Waals surface area contributed by atoms with Crippen LogP contribution in [-0.2, 0) is 109 Å². The van der Waals surface area contributed by atoms with Crippen LogP contribution in [0, 0.1) is 0 Å². The van der Waals surface area contributed by atoms with Crippen LogP contribution >= 0.6 is 0 Å². The summed E-state index contributed by atoms with van der Waals surface area (Å²) in [7, 11) is 0. The Hall–Kier alpha value is -3.22. The number of aliphatic hydroxyl groups excluding tert-OH is 33. The van der Waals surface area contributed by atoms with Crippen molar-refractivity contribution < 1.29 is 278 Å². The van der Waals surface area contributed by atoms with Gasteiger partial charge < -0.3 is 279 Å². The average molecular weight is 1880 g/mol. The number of hydrogen-bond donors (Lipinski definition) is 35. The van der Waals surface area contributed by atoms with E-state index in [1.54, 1.807) is 0 Å². The van der Waals surface area contributed by atoms with Crippen LogP contribution in [-0.4, -0.2) is 591 Å². The molecule has 58 nitrogen and oxygen atoms in total. The molecule has 55 atom stereocenters. The summed E-state index contributed by atoms with van der Waals surface area (Å²) in [4.78, 5) is 25.2. The van der Waals surface area contributed by atoms with Crippen molar-refractivity contribution in [3.8, 4) is 0 Å². The summed E-state index contributed by atoms with van der Waals surface area (Å²) < 4.78 is 123. The second-order valence-electron chi connectivity index (χ2n) is 32.3. The second-order valence-corrected chi connectivity index (χ2v) is 32.3. The molecule has 35 N–H and O–H groups in total. The molecule has 1 unspecified atom stereocenters. The lowest BCUT2D eigenvalue weighted by Gasteiger charge is -2.51. The largest absolute Gasteiger partial charge is 0.394 e. The van der Waals surface area contributed by atoms with E-state index in [0.717, 1.165) is 13.8 Å². The highest BCUT2D eigenvalue weighted by molar-refractivity contribution is 5.73. The van der Waals surface area contributed by atoms with Gasteiger partial charge in [0.05, 0.1) is 72.7 Å². The maximum absolute atomic E-state index is 13.0. The van der Waals surface area contributed by atoms with Gasteiger partial charge in [0, 0.05) is 13.8 Å². The summed E-state index contributed by atoms with van der Waals surface area (Å²) in [5.74, 6) is -1.77. The first-order valence-corrected chi connectivity index (χ1v) is 40.7. The molecule has 0 radical (unpaired) electrons. The zero-order valence-electron chi connectivity index (χ0n) is 67.7. The molecule has 11 fully saturated rings. The SMILES string of the molecule is CC(=O)N[C@H]1[C@H](O[C@H]2[C@H](O)[C@H](NC(C)=O)C(O)O[C@@H]2CO)O[C@H](CO)[C@@H](O[C@@H]2O[C@H](CO[C@H]3O[C@H](CO)[C@@H](O)[C@H](O)[C@@H]3O)[C@@H](O)[C@H](O[C@H]3O[C@H](CO[C@H]4O[C@H](CO)[C@@H](O)[C@H](O)[C@@H]4O)[C@@H](O)[C@H](O)[C@@H]3O[C@H]3O[C@H](CO)[C@@H](O)[C@H](O)[C@@H]3O[C@H]3O[C@H](CO)[C@@H](O)[C@H](O[C@H]4O[C@H](CO)[C@@H](O)[C@H](O[C@H]5O[C@H](CO)[C@@H](O)[C@H](O)[C@H]5O[C@H]5O[C@H](CO)[C@@H](O)[C@H](O)[C@H]5O)[C@H]4O)[C@@H]3O)[C@@H]2O)[C@@H]1O. The molecule has 11 aliphatic rings. The van der Waals surface area contributed by atoms with E-state index >= 15 is 0 Å². The lowest BCUT2D eigenvalue weighted by Crippen LogP contribution is -2.70. The average Bonchev–Trinajstić information content (AvgIpc) is 0.762. The molecule has 0 bridgehead atoms. The molecule has 0 saturated carbocycles. The first-order valence-electron chi connectivity index (χ1n) is 40.7. The molecule has 0 aromatic rings. The fourth-order valence-electron chi connectivity index (χ4n) is 16.5. The summed E-state index contributed by atoms with van der Waals surface area (Å²) >= 11 is 0. The van der Waals surface area contributed by atoms with Crippen molar-refractivity contribution in [1.29, 1.82) is 0 Å². The minimum Gasteiger partial charge on any atom is -0.394 e. The fraction of sp³-hybridized carbons (Fsp3) is 0.971. The van der Waals surface area contributed by atoms with Crippen LogP contribution in [0.2, 0.25) is 0 Å². The summed E-state index contributed by atoms with van der Waals surface area (Å²) in [6, 6.07) is -3.63. The van der Waals surface area contributed by atoms with Crippen molar-refractivity contribution in [3.63, 3.8) is 0 Å². The van der Waals surface area contributed by atoms with Gasteiger partial charge in [0.15, 0.2) is 69.2 Å². The van der Waals surface area contributed by atoms with E-state index in [0.29, 0.717) is 0 Å². The molecule has 0 aliphatic carbocycles. The highest BCUT2D eigenvalue weighted by atomic mass is 16.8. The number of hydrogen-bond acceptors (Lipinski definition) is 56. The van der Waals surface area contributed by atoms with Gasteiger partial charge in [0.1, 0.15) is 268 Å². The Morgan fingerprint density at radius 3 is 0.781 bits per heavy atom. The van der Waals surface area contributed by atoms with Gasteiger partial charge in [0.25, 0.3) is 0 Å². The zero-order valence-corrected chi connectivity index (χ0v) is 67.7. The maximum atomic E-state index is 13.0. The van der Waals surface area contributed by atoms with Crippen molar-refractivity contribution in [2.45, 2.75) is 351 Å². The quantitative estimate of drug-likeness (QED) is 0.0290. The second kappa shape index (κ2) is 45.8. The third-order valence-electron chi connectivity index (χ3n) is 23.8. The number of amides is 2. The monoisotopic (exact) mass is 1880 g/mol. The highest BCUT2D eigenvalue weighted by Crippen LogP contribution is 2.42. The third kappa shape index (κ3) is 22.5. The molecule has 11 aliphatic heterocycles. The van der Waals surface area contributed by atoms with Crippen LogP contribution in [0.4, 0.5) is 0 Å². The molecule has 744 valence electrons. The summed E-state index contributed by atoms with van der Waals surface area (Å²) in [5.41, 5.74) is 0. The van der Waals surface area contributed by atoms with Crippen molar-refractivity contribution in [3.05, 3.63) is 0 Å². The van der Waals surface area contributed by atoms with Gasteiger partial charge >= 0.3 is 0 Å². The van der Waals surface area contributed by atoms with Gasteiger partial charge in [-0.05, 0) is 0 Å². The number of rotatable bonds is 33. The predicted molar refractivity (Wildman–Crippen MR) is 386 cm³/mol. The fourth-order valence-corrected chi connectivity index (χ4v) is 16.5. The molecule has 2 amide bonds. The van der Waals surface area contributed by atoms with Gasteiger partial charge in [-0.2, -0.15) is 0 Å². The molecule has 0 spiro atoms. The van der Waals surface area contributed by atoms with Crippen molar-refractivity contribution in [1.82, 2.24) is 10.6 Å². The smallest absolute Gasteiger partial charge is 0.217 e. The molecule has 11 heterocycles. The molecular weight excluding hydrogens is 1760 g/mol. The number of carbonyl (C=O) groups excluding carboxylic acids is 2. The minimum atomic E-state index is -2.66. The first-order chi connectivity index (χ1) is 60.7. The number of aliphatic hydroxyl groups is 33. The molecule has 0 aromatic carbocycles. The van der Waals surface area contributed by atoms with E-state index in [2.05, 4.69) is 10.6 Å². The number of ether oxygens (including phenoxy) is 21. The third-order valence-corrected chi connectivity index (χ3v) is 23.8. The van der Waals surface area contributed by atoms with Gasteiger partial charge in [-0.15, -0.1) is 0 Å². The van der Waals surface area contributed by atoms with E-state index in [9.17, 15) is 178 Å². The topological polar surface area (TPSA) is 920 Å². The van der Waals surface area contributed by atoms with Crippen LogP contribution in [0.15, 0.2) is 0 Å². The van der Waals surface area contributed by atoms with Crippen molar-refractivity contribution in [2.24, 2.45) is 0 Å². The molecule has 11 saturated heterocycles. The Labute approximate surface area is 722 Å². The van der Waals surface area contributed by atoms with Crippen LogP contribution in [0.5, 0.6) is 0 Å². The summed E-state index contributed by atoms with van der Waals surface area (Å²) in [5, 5.41) is 372. The Morgan fingerprint density at radius 1 is 0.203 bits per heavy atom. The molecule has 0 aromatic heterocycles. The maximum Gasteiger partial charge on any atom is 0.217 e. The number of nitrogens with one attached hydrogen (secondary N) is 2. The van der Waals surface area contributed by atoms with E-state index in [1.165, 1.54) is 0 Å². The standard InChI is InChI=1S/C70H118N2O56/c1-14(82)71-27-38(93)52(23(10-80)110-60(27)107)121-61-28(72-15(2)83)39(94)53(24(11-81)118-61)122-67-51(106)56(37(92)26(119-67)13-109-63-47(102)41(96)30(85)17(4-74)112-63)125-70-59(45(100)34(89)25(120-70)12-108-62-46(101)40(95)29(84)16(3-73)111-62)128-69-58(44(99)33(88)20(7-77)117-69)127-66-49(104)54(35(90)21(8-78)115-66)123-65-50(105)55(36(91)22(9-79)114-65)124-68-57(43(98)32(87)19(6-76)116-68)126-64-48(103)42(97)31(86)18(5-75)113-64/h16-70,73-81,84-107H,3-13H2,1-2H3,(H,71,82)(H,72,83)/t16-,17-,18-,19-,20-,21-,22-,23-,24-,25-,26-,27+,28-,29-,30-,31-,32-,33-,34-,35-,36-,37-,38-,39-,40+,41+,42+,43+,44+,45+,46+,47+,48-,49+,50-,51+,52-,53-,54+,55+,56+,57-,58+,59+,60?,61+,62+,63+,64-,65-,66-,67+,68-,69-,70-/m1/s1. The van der Waals surface area contributed by atoms with Gasteiger partial charge in [0.2, 0.25) is 11.8 Å². The Morgan fingerprint density at radius 2 is 0.422 bits per heavy atom. The van der Waals surface area contributed by atoms with Gasteiger partial charge in [-0.1, -0.05) is 0 Å². The Balaban J connectivity index is 0.906. The van der Waals surface area contributed by atoms with E-state index < -0.39 is 422 Å². The Bertz CT molecular complexity index is 3380. The molecule has 58 heteroatoms. The molecule has 128 heavy (non-hydrogen) atoms. The highest BCUT2D eigenvalue weighted by Gasteiger charge is 2.63. The van der Waals surface area contributed by atoms with Crippen molar-refractivity contribution in [2.75, 3.05) is 72.7 Å². The lowest BCUT2D eigenvalue weighted by atomic mass is 9.94. The predicted octanol–water partition coefficient (Wildman–Crippen LogP) is -24.7. The van der Waals surface area contributed by atoms with Crippen molar-refractivity contribution >= 4 is 11.8 Å². The molecule has 11 rings (SSSR count). The van der Waals surface area contributed by atoms with E-state index in [1.807, 2.05) is 0 Å². The summed E-state index contributed by atoms with van der Waals surface area (Å²) in [6.45, 7) is -10.5. The lowest BCUT2D eigenvalue weighted by molar-refractivity contribution is -0.414. The van der Waals surface area contributed by atoms with E-state index in [4.69, 9.17) is 99.5 Å². The minimum absolute atomic E-state index is 0.806. The van der Waals surface area contributed by atoms with Crippen LogP contribution in [0.3, 0.4) is 0 Å². The summed E-state index contributed by atoms with van der Waals surface area (Å²) in [6.07, 6.45) is -117.